The van der Waals surface area contributed by atoms with Crippen LogP contribution in [-0.4, -0.2) is 62.9 Å². The zero-order valence-corrected chi connectivity index (χ0v) is 17.0. The van der Waals surface area contributed by atoms with Crippen LogP contribution in [0.15, 0.2) is 34.6 Å². The lowest BCUT2D eigenvalue weighted by Gasteiger charge is -2.36. The number of rotatable bonds is 3. The number of carbonyl (C=O) groups excluding carboxylic acids is 1. The third kappa shape index (κ3) is 3.47. The Balaban J connectivity index is 1.40. The first-order valence-corrected chi connectivity index (χ1v) is 11.0. The Labute approximate surface area is 172 Å². The zero-order valence-electron chi connectivity index (χ0n) is 16.1. The summed E-state index contributed by atoms with van der Waals surface area (Å²) in [7, 11) is 0. The average Bonchev–Trinajstić information content (AvgIpc) is 3.44. The molecule has 0 bridgehead atoms. The molecule has 0 unspecified atom stereocenters. The standard InChI is InChI=1S/C21H23N5O2S/c27-20-18-17(23-19(24-20)16-5-1-2-8-22-16)15(13-29-18)21(28)26-11-6-14(7-12-26)25-9-3-4-10-25/h1-2,5,8,13-14H,3-4,6-7,9-12H2,(H,23,24,27). The van der Waals surface area contributed by atoms with Crippen molar-refractivity contribution in [1.82, 2.24) is 24.8 Å². The second kappa shape index (κ2) is 7.68. The molecule has 0 aliphatic carbocycles. The van der Waals surface area contributed by atoms with Gasteiger partial charge in [-0.1, -0.05) is 6.07 Å². The number of hydrogen-bond donors (Lipinski definition) is 1. The van der Waals surface area contributed by atoms with E-state index >= 15 is 0 Å². The van der Waals surface area contributed by atoms with Crippen LogP contribution in [0.2, 0.25) is 0 Å². The van der Waals surface area contributed by atoms with Crippen molar-refractivity contribution >= 4 is 27.5 Å². The van der Waals surface area contributed by atoms with E-state index in [9.17, 15) is 9.59 Å². The highest BCUT2D eigenvalue weighted by molar-refractivity contribution is 7.17. The van der Waals surface area contributed by atoms with Gasteiger partial charge < -0.3 is 14.8 Å². The highest BCUT2D eigenvalue weighted by Gasteiger charge is 2.30. The van der Waals surface area contributed by atoms with Gasteiger partial charge in [-0.05, 0) is 50.9 Å². The molecule has 29 heavy (non-hydrogen) atoms. The van der Waals surface area contributed by atoms with E-state index in [4.69, 9.17) is 0 Å². The highest BCUT2D eigenvalue weighted by Crippen LogP contribution is 2.27. The summed E-state index contributed by atoms with van der Waals surface area (Å²) in [6.07, 6.45) is 6.27. The number of fused-ring (bicyclic) bond motifs is 1. The quantitative estimate of drug-likeness (QED) is 0.719. The SMILES string of the molecule is O=C(c1csc2c(=O)[nH]c(-c3ccccn3)nc12)N1CCC(N2CCCC2)CC1. The smallest absolute Gasteiger partial charge is 0.269 e. The van der Waals surface area contributed by atoms with Crippen LogP contribution >= 0.6 is 11.3 Å². The van der Waals surface area contributed by atoms with Gasteiger partial charge in [-0.3, -0.25) is 14.6 Å². The number of hydrogen-bond acceptors (Lipinski definition) is 6. The second-order valence-corrected chi connectivity index (χ2v) is 8.60. The Morgan fingerprint density at radius 3 is 2.66 bits per heavy atom. The first-order valence-electron chi connectivity index (χ1n) is 10.2. The number of piperidine rings is 1. The molecule has 3 aromatic heterocycles. The van der Waals surface area contributed by atoms with Gasteiger partial charge in [0.2, 0.25) is 0 Å². The molecule has 2 aliphatic rings. The number of H-pyrrole nitrogens is 1. The van der Waals surface area contributed by atoms with Gasteiger partial charge in [0.25, 0.3) is 11.5 Å². The molecule has 150 valence electrons. The van der Waals surface area contributed by atoms with Crippen molar-refractivity contribution in [2.75, 3.05) is 26.2 Å². The molecule has 8 heteroatoms. The summed E-state index contributed by atoms with van der Waals surface area (Å²) in [5.41, 5.74) is 1.36. The molecule has 5 heterocycles. The van der Waals surface area contributed by atoms with Crippen LogP contribution in [0, 0.1) is 0 Å². The average molecular weight is 410 g/mol. The van der Waals surface area contributed by atoms with Crippen molar-refractivity contribution in [1.29, 1.82) is 0 Å². The van der Waals surface area contributed by atoms with Crippen molar-refractivity contribution in [3.8, 4) is 11.5 Å². The van der Waals surface area contributed by atoms with Crippen molar-refractivity contribution in [3.63, 3.8) is 0 Å². The fourth-order valence-corrected chi connectivity index (χ4v) is 5.29. The molecule has 2 saturated heterocycles. The molecule has 0 saturated carbocycles. The van der Waals surface area contributed by atoms with E-state index < -0.39 is 0 Å². The van der Waals surface area contributed by atoms with Crippen LogP contribution in [-0.2, 0) is 0 Å². The summed E-state index contributed by atoms with van der Waals surface area (Å²) in [6, 6.07) is 6.04. The van der Waals surface area contributed by atoms with Crippen molar-refractivity contribution in [2.45, 2.75) is 31.7 Å². The van der Waals surface area contributed by atoms with Crippen LogP contribution in [0.5, 0.6) is 0 Å². The molecule has 0 atom stereocenters. The van der Waals surface area contributed by atoms with Crippen LogP contribution < -0.4 is 5.56 Å². The third-order valence-corrected chi connectivity index (χ3v) is 6.94. The number of aromatic amines is 1. The van der Waals surface area contributed by atoms with Crippen LogP contribution in [0.1, 0.15) is 36.0 Å². The van der Waals surface area contributed by atoms with E-state index in [0.717, 1.165) is 25.9 Å². The third-order valence-electron chi connectivity index (χ3n) is 5.97. The maximum Gasteiger partial charge on any atom is 0.269 e. The van der Waals surface area contributed by atoms with Crippen molar-refractivity contribution < 1.29 is 4.79 Å². The summed E-state index contributed by atoms with van der Waals surface area (Å²) < 4.78 is 0.486. The summed E-state index contributed by atoms with van der Waals surface area (Å²) in [5.74, 6) is 0.365. The molecule has 3 aromatic rings. The van der Waals surface area contributed by atoms with E-state index in [0.29, 0.717) is 33.3 Å². The fourth-order valence-electron chi connectivity index (χ4n) is 4.41. The number of thiophene rings is 1. The maximum atomic E-state index is 13.2. The molecule has 0 aromatic carbocycles. The lowest BCUT2D eigenvalue weighted by atomic mass is 10.0. The van der Waals surface area contributed by atoms with Crippen LogP contribution in [0.25, 0.3) is 21.7 Å². The lowest BCUT2D eigenvalue weighted by molar-refractivity contribution is 0.0646. The molecule has 5 rings (SSSR count). The molecule has 1 amide bonds. The van der Waals surface area contributed by atoms with Gasteiger partial charge in [-0.15, -0.1) is 11.3 Å². The number of amides is 1. The van der Waals surface area contributed by atoms with Crippen molar-refractivity contribution in [3.05, 3.63) is 45.7 Å². The van der Waals surface area contributed by atoms with Crippen LogP contribution in [0.4, 0.5) is 0 Å². The summed E-state index contributed by atoms with van der Waals surface area (Å²) in [5, 5.41) is 1.77. The molecular formula is C21H23N5O2S. The summed E-state index contributed by atoms with van der Waals surface area (Å²) >= 11 is 1.28. The van der Waals surface area contributed by atoms with Gasteiger partial charge in [0.1, 0.15) is 15.9 Å². The Hall–Kier alpha value is -2.58. The second-order valence-electron chi connectivity index (χ2n) is 7.72. The Morgan fingerprint density at radius 1 is 1.14 bits per heavy atom. The lowest BCUT2D eigenvalue weighted by Crippen LogP contribution is -2.45. The highest BCUT2D eigenvalue weighted by atomic mass is 32.1. The first-order chi connectivity index (χ1) is 14.2. The minimum atomic E-state index is -0.229. The first kappa shape index (κ1) is 18.4. The molecule has 7 nitrogen and oxygen atoms in total. The predicted molar refractivity (Wildman–Crippen MR) is 113 cm³/mol. The number of nitrogens with one attached hydrogen (secondary N) is 1. The number of nitrogens with zero attached hydrogens (tertiary/aromatic N) is 4. The molecule has 0 spiro atoms. The fraction of sp³-hybridized carbons (Fsp3) is 0.429. The normalized spacial score (nSPS) is 18.6. The number of aromatic nitrogens is 3. The Morgan fingerprint density at radius 2 is 1.93 bits per heavy atom. The number of pyridine rings is 1. The summed E-state index contributed by atoms with van der Waals surface area (Å²) in [6.45, 7) is 3.90. The number of likely N-dealkylation sites (tertiary alicyclic amines) is 2. The Kier molecular flexibility index (Phi) is 4.89. The molecule has 2 aliphatic heterocycles. The molecule has 2 fully saturated rings. The van der Waals surface area contributed by atoms with Gasteiger partial charge >= 0.3 is 0 Å². The minimum absolute atomic E-state index is 0.0267. The van der Waals surface area contributed by atoms with Gasteiger partial charge in [0.05, 0.1) is 5.56 Å². The predicted octanol–water partition coefficient (Wildman–Crippen LogP) is 2.75. The monoisotopic (exact) mass is 409 g/mol. The topological polar surface area (TPSA) is 82.2 Å². The van der Waals surface area contributed by atoms with E-state index in [1.807, 2.05) is 17.0 Å². The van der Waals surface area contributed by atoms with E-state index in [-0.39, 0.29) is 11.5 Å². The van der Waals surface area contributed by atoms with Gasteiger partial charge in [0.15, 0.2) is 5.82 Å². The van der Waals surface area contributed by atoms with Crippen LogP contribution in [0.3, 0.4) is 0 Å². The minimum Gasteiger partial charge on any atom is -0.338 e. The molecule has 1 N–H and O–H groups in total. The molecular weight excluding hydrogens is 386 g/mol. The van der Waals surface area contributed by atoms with Gasteiger partial charge in [-0.2, -0.15) is 0 Å². The summed E-state index contributed by atoms with van der Waals surface area (Å²) in [4.78, 5) is 41.9. The van der Waals surface area contributed by atoms with E-state index in [1.54, 1.807) is 17.6 Å². The van der Waals surface area contributed by atoms with Gasteiger partial charge in [0, 0.05) is 30.7 Å². The zero-order chi connectivity index (χ0) is 19.8. The largest absolute Gasteiger partial charge is 0.338 e. The van der Waals surface area contributed by atoms with Gasteiger partial charge in [-0.25, -0.2) is 4.98 Å². The molecule has 0 radical (unpaired) electrons. The Bertz CT molecular complexity index is 1080. The number of carbonyl (C=O) groups is 1. The van der Waals surface area contributed by atoms with E-state index in [1.165, 1.54) is 37.3 Å². The maximum absolute atomic E-state index is 13.2. The van der Waals surface area contributed by atoms with Crippen molar-refractivity contribution in [2.24, 2.45) is 0 Å². The van der Waals surface area contributed by atoms with E-state index in [2.05, 4.69) is 19.9 Å².